The van der Waals surface area contributed by atoms with Crippen LogP contribution in [0.4, 0.5) is 17.6 Å². The maximum Gasteiger partial charge on any atom is 0.490 e. The highest BCUT2D eigenvalue weighted by Crippen LogP contribution is 2.22. The number of carbonyl (C=O) groups is 1. The molecular weight excluding hydrogens is 296 g/mol. The highest BCUT2D eigenvalue weighted by molar-refractivity contribution is 5.73. The molecule has 0 saturated carbocycles. The van der Waals surface area contributed by atoms with Gasteiger partial charge in [-0.05, 0) is 30.2 Å². The molecule has 0 aromatic heterocycles. The molecule has 2 rings (SSSR count). The van der Waals surface area contributed by atoms with Crippen LogP contribution in [0.15, 0.2) is 18.2 Å². The van der Waals surface area contributed by atoms with E-state index in [2.05, 4.69) is 5.48 Å². The molecule has 0 spiro atoms. The van der Waals surface area contributed by atoms with Gasteiger partial charge in [-0.1, -0.05) is 0 Å². The van der Waals surface area contributed by atoms with E-state index in [1.54, 1.807) is 6.07 Å². The summed E-state index contributed by atoms with van der Waals surface area (Å²) in [5, 5.41) is 15.8. The topological polar surface area (TPSA) is 82.3 Å². The van der Waals surface area contributed by atoms with E-state index in [1.807, 2.05) is 6.07 Å². The Morgan fingerprint density at radius 1 is 1.43 bits per heavy atom. The first-order valence-corrected chi connectivity index (χ1v) is 5.62. The lowest BCUT2D eigenvalue weighted by Gasteiger charge is -2.08. The minimum atomic E-state index is -5.08. The summed E-state index contributed by atoms with van der Waals surface area (Å²) < 4.78 is 44.8. The molecule has 0 aliphatic carbocycles. The monoisotopic (exact) mass is 306 g/mol. The third-order valence-electron chi connectivity index (χ3n) is 2.43. The van der Waals surface area contributed by atoms with Crippen LogP contribution in [0.25, 0.3) is 0 Å². The van der Waals surface area contributed by atoms with Gasteiger partial charge in [-0.3, -0.25) is 0 Å². The summed E-state index contributed by atoms with van der Waals surface area (Å²) in [6.45, 7) is 0.614. The lowest BCUT2D eigenvalue weighted by atomic mass is 10.0. The van der Waals surface area contributed by atoms with Crippen molar-refractivity contribution in [3.05, 3.63) is 35.1 Å². The first-order chi connectivity index (χ1) is 9.74. The largest absolute Gasteiger partial charge is 0.490 e. The van der Waals surface area contributed by atoms with Crippen molar-refractivity contribution >= 4 is 5.97 Å². The second-order valence-electron chi connectivity index (χ2n) is 4.00. The molecule has 0 bridgehead atoms. The van der Waals surface area contributed by atoms with E-state index >= 15 is 0 Å². The first-order valence-electron chi connectivity index (χ1n) is 5.62. The molecule has 9 heteroatoms. The van der Waals surface area contributed by atoms with Crippen LogP contribution in [-0.2, 0) is 9.63 Å². The predicted molar refractivity (Wildman–Crippen MR) is 61.3 cm³/mol. The normalized spacial score (nSPS) is 17.6. The first kappa shape index (κ1) is 16.9. The zero-order valence-electron chi connectivity index (χ0n) is 10.4. The van der Waals surface area contributed by atoms with E-state index in [1.165, 1.54) is 12.1 Å². The van der Waals surface area contributed by atoms with Gasteiger partial charge in [-0.2, -0.15) is 23.9 Å². The minimum absolute atomic E-state index is 0.00204. The number of hydroxylamine groups is 1. The van der Waals surface area contributed by atoms with Crippen molar-refractivity contribution in [3.8, 4) is 6.07 Å². The van der Waals surface area contributed by atoms with E-state index in [-0.39, 0.29) is 11.9 Å². The number of alkyl halides is 3. The molecule has 2 N–H and O–H groups in total. The fourth-order valence-corrected chi connectivity index (χ4v) is 1.51. The number of rotatable bonds is 1. The summed E-state index contributed by atoms with van der Waals surface area (Å²) in [6, 6.07) is 6.24. The van der Waals surface area contributed by atoms with Crippen LogP contribution in [0.1, 0.15) is 23.6 Å². The van der Waals surface area contributed by atoms with E-state index in [4.69, 9.17) is 20.0 Å². The molecule has 5 nitrogen and oxygen atoms in total. The minimum Gasteiger partial charge on any atom is -0.475 e. The molecule has 1 atom stereocenters. The molecule has 114 valence electrons. The molecule has 0 unspecified atom stereocenters. The molecule has 1 heterocycles. The fourth-order valence-electron chi connectivity index (χ4n) is 1.51. The lowest BCUT2D eigenvalue weighted by molar-refractivity contribution is -0.192. The molecular formula is C12H10F4N2O3. The quantitative estimate of drug-likeness (QED) is 0.778. The molecule has 1 aromatic rings. The van der Waals surface area contributed by atoms with Crippen LogP contribution in [0.2, 0.25) is 0 Å². The number of benzene rings is 1. The van der Waals surface area contributed by atoms with E-state index in [0.29, 0.717) is 12.2 Å². The Kier molecular flexibility index (Phi) is 5.63. The molecule has 0 amide bonds. The Hall–Kier alpha value is -2.18. The maximum atomic E-state index is 13.0. The van der Waals surface area contributed by atoms with Crippen LogP contribution in [0.5, 0.6) is 0 Å². The molecule has 21 heavy (non-hydrogen) atoms. The van der Waals surface area contributed by atoms with Gasteiger partial charge < -0.3 is 9.94 Å². The molecule has 1 aliphatic rings. The van der Waals surface area contributed by atoms with E-state index in [9.17, 15) is 17.6 Å². The van der Waals surface area contributed by atoms with E-state index < -0.39 is 12.1 Å². The number of hydrogen-bond donors (Lipinski definition) is 2. The van der Waals surface area contributed by atoms with Crippen LogP contribution in [0.3, 0.4) is 0 Å². The van der Waals surface area contributed by atoms with Crippen molar-refractivity contribution in [3.63, 3.8) is 0 Å². The number of nitrogens with one attached hydrogen (secondary N) is 1. The van der Waals surface area contributed by atoms with Crippen molar-refractivity contribution in [1.82, 2.24) is 5.48 Å². The molecule has 0 radical (unpaired) electrons. The number of aliphatic carboxylic acids is 1. The summed E-state index contributed by atoms with van der Waals surface area (Å²) in [4.78, 5) is 13.9. The highest BCUT2D eigenvalue weighted by Gasteiger charge is 2.38. The summed E-state index contributed by atoms with van der Waals surface area (Å²) >= 11 is 0. The molecule has 1 aromatic carbocycles. The number of carboxylic acid groups (broad SMARTS) is 1. The van der Waals surface area contributed by atoms with Crippen LogP contribution in [0, 0.1) is 17.1 Å². The Labute approximate surface area is 116 Å². The Bertz CT molecular complexity index is 548. The molecule has 1 fully saturated rings. The predicted octanol–water partition coefficient (Wildman–Crippen LogP) is 2.30. The van der Waals surface area contributed by atoms with Gasteiger partial charge in [0.25, 0.3) is 0 Å². The standard InChI is InChI=1S/C10H9FN2O.C2HF3O2/c11-9-4-7(6-12)3-8(5-9)10-1-2-14-13-10;3-2(4,5)1(6)7/h3-5,10,13H,1-2H2;(H,6,7)/t10-;/m0./s1. The second-order valence-corrected chi connectivity index (χ2v) is 4.00. The van der Waals surface area contributed by atoms with Gasteiger partial charge >= 0.3 is 12.1 Å². The third-order valence-corrected chi connectivity index (χ3v) is 2.43. The van der Waals surface area contributed by atoms with Gasteiger partial charge in [0, 0.05) is 0 Å². The number of carboxylic acids is 1. The molecule has 1 aliphatic heterocycles. The van der Waals surface area contributed by atoms with Crippen LogP contribution >= 0.6 is 0 Å². The Balaban J connectivity index is 0.000000270. The summed E-state index contributed by atoms with van der Waals surface area (Å²) in [6.07, 6.45) is -4.28. The average molecular weight is 306 g/mol. The van der Waals surface area contributed by atoms with Crippen molar-refractivity contribution in [2.75, 3.05) is 6.61 Å². The van der Waals surface area contributed by atoms with Gasteiger partial charge in [-0.15, -0.1) is 0 Å². The Morgan fingerprint density at radius 2 is 2.05 bits per heavy atom. The number of nitriles is 1. The van der Waals surface area contributed by atoms with Gasteiger partial charge in [0.15, 0.2) is 0 Å². The zero-order chi connectivity index (χ0) is 16.0. The maximum absolute atomic E-state index is 13.0. The highest BCUT2D eigenvalue weighted by atomic mass is 19.4. The fraction of sp³-hybridized carbons (Fsp3) is 0.333. The summed E-state index contributed by atoms with van der Waals surface area (Å²) in [5.41, 5.74) is 3.88. The Morgan fingerprint density at radius 3 is 2.48 bits per heavy atom. The van der Waals surface area contributed by atoms with Crippen molar-refractivity contribution in [2.24, 2.45) is 0 Å². The summed E-state index contributed by atoms with van der Waals surface area (Å²) in [7, 11) is 0. The number of hydrogen-bond acceptors (Lipinski definition) is 4. The van der Waals surface area contributed by atoms with Gasteiger partial charge in [0.05, 0.1) is 24.3 Å². The van der Waals surface area contributed by atoms with Crippen LogP contribution in [-0.4, -0.2) is 23.9 Å². The van der Waals surface area contributed by atoms with Crippen molar-refractivity contribution in [2.45, 2.75) is 18.6 Å². The average Bonchev–Trinajstić information content (AvgIpc) is 2.91. The van der Waals surface area contributed by atoms with E-state index in [0.717, 1.165) is 12.0 Å². The van der Waals surface area contributed by atoms with Crippen LogP contribution < -0.4 is 5.48 Å². The number of halogens is 4. The number of nitrogens with zero attached hydrogens (tertiary/aromatic N) is 1. The lowest BCUT2D eigenvalue weighted by Crippen LogP contribution is -2.21. The third kappa shape index (κ3) is 5.37. The molecule has 1 saturated heterocycles. The zero-order valence-corrected chi connectivity index (χ0v) is 10.4. The second kappa shape index (κ2) is 7.01. The van der Waals surface area contributed by atoms with Gasteiger partial charge in [0.1, 0.15) is 5.82 Å². The van der Waals surface area contributed by atoms with Gasteiger partial charge in [-0.25, -0.2) is 9.18 Å². The summed E-state index contributed by atoms with van der Waals surface area (Å²) in [5.74, 6) is -3.14. The van der Waals surface area contributed by atoms with Crippen molar-refractivity contribution < 1.29 is 32.3 Å². The SMILES string of the molecule is N#Cc1cc(F)cc([C@@H]2CCON2)c1.O=C(O)C(F)(F)F. The smallest absolute Gasteiger partial charge is 0.475 e. The van der Waals surface area contributed by atoms with Gasteiger partial charge in [0.2, 0.25) is 0 Å². The van der Waals surface area contributed by atoms with Crippen molar-refractivity contribution in [1.29, 1.82) is 5.26 Å².